The molecule has 4 rings (SSSR count). The molecule has 0 unspecified atom stereocenters. The van der Waals surface area contributed by atoms with Gasteiger partial charge in [-0.3, -0.25) is 14.3 Å². The van der Waals surface area contributed by atoms with Crippen molar-refractivity contribution in [2.75, 3.05) is 11.9 Å². The molecule has 1 aliphatic carbocycles. The minimum absolute atomic E-state index is 0.0656. The van der Waals surface area contributed by atoms with Gasteiger partial charge in [-0.2, -0.15) is 18.3 Å². The number of alkyl halides is 3. The van der Waals surface area contributed by atoms with E-state index >= 15 is 0 Å². The number of urea groups is 1. The van der Waals surface area contributed by atoms with Crippen LogP contribution < -0.4 is 16.0 Å². The highest BCUT2D eigenvalue weighted by atomic mass is 19.4. The molecule has 0 spiro atoms. The van der Waals surface area contributed by atoms with Crippen LogP contribution in [0.3, 0.4) is 0 Å². The molecule has 200 valence electrons. The van der Waals surface area contributed by atoms with Gasteiger partial charge >= 0.3 is 12.2 Å². The van der Waals surface area contributed by atoms with E-state index in [1.54, 1.807) is 19.2 Å². The minimum Gasteiger partial charge on any atom is -0.339 e. The number of aryl methyl sites for hydroxylation is 1. The lowest BCUT2D eigenvalue weighted by molar-refractivity contribution is -0.149. The SMILES string of the molecule is CC1CCC([C@H](NC(=O)c2ccnn2C)C(=O)Nc2cc(CN3C[C@@H](C(F)(F)F)NC3=O)ccn2)CC1. The van der Waals surface area contributed by atoms with E-state index < -0.39 is 42.7 Å². The second-order valence-corrected chi connectivity index (χ2v) is 9.77. The van der Waals surface area contributed by atoms with E-state index in [0.717, 1.165) is 30.6 Å². The van der Waals surface area contributed by atoms with Crippen molar-refractivity contribution < 1.29 is 27.6 Å². The van der Waals surface area contributed by atoms with Gasteiger partial charge < -0.3 is 20.9 Å². The third-order valence-electron chi connectivity index (χ3n) is 6.99. The van der Waals surface area contributed by atoms with Crippen molar-refractivity contribution in [3.05, 3.63) is 41.9 Å². The molecule has 0 radical (unpaired) electrons. The van der Waals surface area contributed by atoms with Gasteiger partial charge in [0, 0.05) is 26.0 Å². The Kier molecular flexibility index (Phi) is 7.69. The van der Waals surface area contributed by atoms with Gasteiger partial charge in [0.1, 0.15) is 23.6 Å². The van der Waals surface area contributed by atoms with Crippen LogP contribution in [0, 0.1) is 11.8 Å². The summed E-state index contributed by atoms with van der Waals surface area (Å²) in [4.78, 5) is 43.4. The number of pyridine rings is 1. The smallest absolute Gasteiger partial charge is 0.339 e. The number of nitrogens with zero attached hydrogens (tertiary/aromatic N) is 4. The molecule has 3 N–H and O–H groups in total. The van der Waals surface area contributed by atoms with Gasteiger partial charge in [-0.1, -0.05) is 19.8 Å². The first-order valence-electron chi connectivity index (χ1n) is 12.2. The Labute approximate surface area is 212 Å². The number of rotatable bonds is 7. The second-order valence-electron chi connectivity index (χ2n) is 9.77. The summed E-state index contributed by atoms with van der Waals surface area (Å²) in [6, 6.07) is 1.09. The van der Waals surface area contributed by atoms with Crippen LogP contribution >= 0.6 is 0 Å². The highest BCUT2D eigenvalue weighted by molar-refractivity contribution is 6.00. The molecule has 10 nitrogen and oxygen atoms in total. The molecule has 0 bridgehead atoms. The van der Waals surface area contributed by atoms with Gasteiger partial charge in [-0.05, 0) is 48.4 Å². The Morgan fingerprint density at radius 1 is 1.19 bits per heavy atom. The van der Waals surface area contributed by atoms with Crippen LogP contribution in [0.4, 0.5) is 23.8 Å². The number of halogens is 3. The summed E-state index contributed by atoms with van der Waals surface area (Å²) in [6.45, 7) is 1.58. The van der Waals surface area contributed by atoms with Crippen LogP contribution in [0.1, 0.15) is 48.7 Å². The van der Waals surface area contributed by atoms with Crippen LogP contribution in [-0.4, -0.2) is 62.3 Å². The average Bonchev–Trinajstić information content (AvgIpc) is 3.43. The number of carbonyl (C=O) groups is 3. The molecule has 2 aliphatic rings. The average molecular weight is 522 g/mol. The van der Waals surface area contributed by atoms with Crippen molar-refractivity contribution in [1.82, 2.24) is 30.3 Å². The standard InChI is InChI=1S/C24H30F3N7O3/c1-14-3-5-16(6-4-14)20(32-21(35)17-8-10-29-33(17)2)22(36)31-19-11-15(7-9-28-19)12-34-13-18(24(25,26)27)30-23(34)37/h7-11,14,16,18,20H,3-6,12-13H2,1-2H3,(H,30,37)(H,32,35)(H,28,31,36)/t14?,16?,18-,20-/m0/s1. The van der Waals surface area contributed by atoms with E-state index in [9.17, 15) is 27.6 Å². The van der Waals surface area contributed by atoms with Gasteiger partial charge in [-0.15, -0.1) is 0 Å². The summed E-state index contributed by atoms with van der Waals surface area (Å²) in [5.74, 6) is -0.191. The maximum Gasteiger partial charge on any atom is 0.410 e. The van der Waals surface area contributed by atoms with Gasteiger partial charge in [0.2, 0.25) is 5.91 Å². The molecule has 2 fully saturated rings. The number of amides is 4. The third kappa shape index (κ3) is 6.38. The molecule has 2 aromatic rings. The topological polar surface area (TPSA) is 121 Å². The van der Waals surface area contributed by atoms with Gasteiger partial charge in [-0.25, -0.2) is 9.78 Å². The summed E-state index contributed by atoms with van der Waals surface area (Å²) in [5, 5.41) is 11.5. The zero-order valence-corrected chi connectivity index (χ0v) is 20.6. The number of hydrogen-bond donors (Lipinski definition) is 3. The lowest BCUT2D eigenvalue weighted by Crippen LogP contribution is -2.49. The fraction of sp³-hybridized carbons (Fsp3) is 0.542. The molecular weight excluding hydrogens is 491 g/mol. The summed E-state index contributed by atoms with van der Waals surface area (Å²) in [5.41, 5.74) is 0.827. The maximum absolute atomic E-state index is 13.4. The van der Waals surface area contributed by atoms with Crippen molar-refractivity contribution in [3.63, 3.8) is 0 Å². The molecule has 3 heterocycles. The van der Waals surface area contributed by atoms with Crippen LogP contribution in [0.15, 0.2) is 30.6 Å². The molecule has 1 saturated carbocycles. The molecule has 2 aromatic heterocycles. The Morgan fingerprint density at radius 3 is 2.54 bits per heavy atom. The first-order chi connectivity index (χ1) is 17.5. The fourth-order valence-electron chi connectivity index (χ4n) is 4.80. The van der Waals surface area contributed by atoms with E-state index in [0.29, 0.717) is 17.2 Å². The first-order valence-corrected chi connectivity index (χ1v) is 12.2. The third-order valence-corrected chi connectivity index (χ3v) is 6.99. The molecule has 37 heavy (non-hydrogen) atoms. The second kappa shape index (κ2) is 10.8. The van der Waals surface area contributed by atoms with Gasteiger partial charge in [0.15, 0.2) is 0 Å². The van der Waals surface area contributed by atoms with Crippen molar-refractivity contribution in [2.45, 2.75) is 57.4 Å². The zero-order chi connectivity index (χ0) is 26.7. The predicted molar refractivity (Wildman–Crippen MR) is 127 cm³/mol. The lowest BCUT2D eigenvalue weighted by atomic mass is 9.79. The van der Waals surface area contributed by atoms with E-state index in [-0.39, 0.29) is 18.3 Å². The van der Waals surface area contributed by atoms with E-state index in [1.165, 1.54) is 23.1 Å². The van der Waals surface area contributed by atoms with Crippen LogP contribution in [0.5, 0.6) is 0 Å². The largest absolute Gasteiger partial charge is 0.410 e. The summed E-state index contributed by atoms with van der Waals surface area (Å²) in [7, 11) is 1.64. The van der Waals surface area contributed by atoms with E-state index in [1.807, 2.05) is 5.32 Å². The van der Waals surface area contributed by atoms with E-state index in [4.69, 9.17) is 0 Å². The Morgan fingerprint density at radius 2 is 1.92 bits per heavy atom. The lowest BCUT2D eigenvalue weighted by Gasteiger charge is -2.32. The number of hydrogen-bond acceptors (Lipinski definition) is 5. The number of nitrogens with one attached hydrogen (secondary N) is 3. The van der Waals surface area contributed by atoms with Crippen molar-refractivity contribution in [2.24, 2.45) is 18.9 Å². The van der Waals surface area contributed by atoms with Crippen molar-refractivity contribution >= 4 is 23.7 Å². The molecule has 0 aromatic carbocycles. The van der Waals surface area contributed by atoms with Crippen LogP contribution in [-0.2, 0) is 18.4 Å². The van der Waals surface area contributed by atoms with Crippen LogP contribution in [0.2, 0.25) is 0 Å². The molecule has 1 aliphatic heterocycles. The fourth-order valence-corrected chi connectivity index (χ4v) is 4.80. The van der Waals surface area contributed by atoms with E-state index in [2.05, 4.69) is 27.6 Å². The molecule has 1 saturated heterocycles. The van der Waals surface area contributed by atoms with Crippen LogP contribution in [0.25, 0.3) is 0 Å². The zero-order valence-electron chi connectivity index (χ0n) is 20.6. The van der Waals surface area contributed by atoms with Gasteiger partial charge in [0.05, 0.1) is 6.54 Å². The molecule has 2 atom stereocenters. The maximum atomic E-state index is 13.4. The predicted octanol–water partition coefficient (Wildman–Crippen LogP) is 2.83. The molecular formula is C24H30F3N7O3. The molecule has 4 amide bonds. The summed E-state index contributed by atoms with van der Waals surface area (Å²) in [6.07, 6.45) is 1.82. The van der Waals surface area contributed by atoms with Gasteiger partial charge in [0.25, 0.3) is 5.91 Å². The highest BCUT2D eigenvalue weighted by Crippen LogP contribution is 2.31. The normalized spacial score (nSPS) is 22.9. The first kappa shape index (κ1) is 26.4. The Hall–Kier alpha value is -3.64. The Bertz CT molecular complexity index is 1140. The quantitative estimate of drug-likeness (QED) is 0.518. The minimum atomic E-state index is -4.53. The number of carbonyl (C=O) groups excluding carboxylic acids is 3. The summed E-state index contributed by atoms with van der Waals surface area (Å²) < 4.78 is 40.3. The molecule has 13 heteroatoms. The van der Waals surface area contributed by atoms with Crippen molar-refractivity contribution in [1.29, 1.82) is 0 Å². The number of anilines is 1. The Balaban J connectivity index is 1.45. The number of aromatic nitrogens is 3. The highest BCUT2D eigenvalue weighted by Gasteiger charge is 2.46. The van der Waals surface area contributed by atoms with Crippen molar-refractivity contribution in [3.8, 4) is 0 Å². The summed E-state index contributed by atoms with van der Waals surface area (Å²) >= 11 is 0. The monoisotopic (exact) mass is 521 g/mol.